The van der Waals surface area contributed by atoms with Gasteiger partial charge in [0.15, 0.2) is 0 Å². The molecule has 2 aliphatic rings. The summed E-state index contributed by atoms with van der Waals surface area (Å²) >= 11 is 3.46. The third kappa shape index (κ3) is 7.73. The van der Waals surface area contributed by atoms with Crippen molar-refractivity contribution in [2.75, 3.05) is 30.3 Å². The van der Waals surface area contributed by atoms with Crippen LogP contribution in [0.5, 0.6) is 0 Å². The molecular formula is C20H25N2NaO5S3. The minimum atomic E-state index is -4.19. The van der Waals surface area contributed by atoms with E-state index in [4.69, 9.17) is 4.42 Å². The van der Waals surface area contributed by atoms with Crippen molar-refractivity contribution in [3.8, 4) is 0 Å². The summed E-state index contributed by atoms with van der Waals surface area (Å²) in [6, 6.07) is 0. The van der Waals surface area contributed by atoms with Gasteiger partial charge in [-0.1, -0.05) is 11.6 Å². The van der Waals surface area contributed by atoms with Crippen molar-refractivity contribution in [3.05, 3.63) is 55.1 Å². The van der Waals surface area contributed by atoms with E-state index in [9.17, 15) is 17.8 Å². The van der Waals surface area contributed by atoms with Crippen LogP contribution in [-0.4, -0.2) is 52.8 Å². The van der Waals surface area contributed by atoms with Gasteiger partial charge in [0.25, 0.3) is 0 Å². The van der Waals surface area contributed by atoms with Crippen molar-refractivity contribution in [3.63, 3.8) is 0 Å². The zero-order valence-corrected chi connectivity index (χ0v) is 22.4. The van der Waals surface area contributed by atoms with Gasteiger partial charge in [-0.25, -0.2) is 13.2 Å². The molecule has 0 N–H and O–H groups in total. The van der Waals surface area contributed by atoms with Crippen molar-refractivity contribution in [2.45, 2.75) is 19.8 Å². The predicted molar refractivity (Wildman–Crippen MR) is 122 cm³/mol. The monoisotopic (exact) mass is 492 g/mol. The van der Waals surface area contributed by atoms with E-state index < -0.39 is 15.7 Å². The Morgan fingerprint density at radius 2 is 1.97 bits per heavy atom. The van der Waals surface area contributed by atoms with E-state index in [2.05, 4.69) is 6.92 Å². The zero-order valence-electron chi connectivity index (χ0n) is 18.0. The standard InChI is InChI=1S/C20H26N2O5S3.Na/c1-15-9-12-28-17(15)5-3-6-18-21(2)16(20(23)27-18)7-8-19-22(11-13-29-19)10-4-14-30(24,25)26;/h3,5-8H,4,9-14H2,1-2H3,(H,24,25,26);/q;+1/p-1/b5-3+,16-7-,18-6+,19-8-;. The van der Waals surface area contributed by atoms with Crippen LogP contribution in [0.2, 0.25) is 0 Å². The molecule has 0 unspecified atom stereocenters. The van der Waals surface area contributed by atoms with Crippen LogP contribution in [0.4, 0.5) is 0 Å². The summed E-state index contributed by atoms with van der Waals surface area (Å²) in [5, 5.41) is 1.38. The van der Waals surface area contributed by atoms with Crippen LogP contribution in [0, 0.1) is 0 Å². The van der Waals surface area contributed by atoms with Crippen molar-refractivity contribution in [1.29, 1.82) is 0 Å². The summed E-state index contributed by atoms with van der Waals surface area (Å²) in [6.45, 7) is 3.40. The normalized spacial score (nSPS) is 20.0. The Kier molecular flexibility index (Phi) is 10.3. The van der Waals surface area contributed by atoms with Crippen LogP contribution in [-0.2, 0) is 17.2 Å². The molecule has 1 fully saturated rings. The Bertz CT molecular complexity index is 1160. The van der Waals surface area contributed by atoms with Gasteiger partial charge in [-0.3, -0.25) is 0 Å². The first-order valence-electron chi connectivity index (χ1n) is 9.65. The zero-order chi connectivity index (χ0) is 21.7. The van der Waals surface area contributed by atoms with Crippen LogP contribution in [0.15, 0.2) is 42.9 Å². The van der Waals surface area contributed by atoms with Crippen molar-refractivity contribution >= 4 is 45.8 Å². The molecule has 7 nitrogen and oxygen atoms in total. The van der Waals surface area contributed by atoms with Crippen LogP contribution in [0.1, 0.15) is 19.8 Å². The fraction of sp³-hybridized carbons (Fsp3) is 0.450. The fourth-order valence-electron chi connectivity index (χ4n) is 3.19. The maximum Gasteiger partial charge on any atom is 1.00 e. The number of hydrogen-bond acceptors (Lipinski definition) is 8. The van der Waals surface area contributed by atoms with Gasteiger partial charge in [0, 0.05) is 42.3 Å². The van der Waals surface area contributed by atoms with E-state index in [-0.39, 0.29) is 41.7 Å². The summed E-state index contributed by atoms with van der Waals surface area (Å²) in [5.74, 6) is 1.62. The van der Waals surface area contributed by atoms with Crippen LogP contribution in [0.3, 0.4) is 0 Å². The van der Waals surface area contributed by atoms with Crippen molar-refractivity contribution in [2.24, 2.45) is 7.05 Å². The van der Waals surface area contributed by atoms with Gasteiger partial charge < -0.3 is 18.4 Å². The number of allylic oxidation sites excluding steroid dienone is 4. The second-order valence-electron chi connectivity index (χ2n) is 7.06. The molecule has 2 aliphatic heterocycles. The average Bonchev–Trinajstić information content (AvgIpc) is 3.34. The minimum absolute atomic E-state index is 0. The van der Waals surface area contributed by atoms with Gasteiger partial charge in [-0.2, -0.15) is 0 Å². The minimum Gasteiger partial charge on any atom is -0.748 e. The van der Waals surface area contributed by atoms with Crippen molar-refractivity contribution < 1.29 is 46.9 Å². The molecule has 164 valence electrons. The Morgan fingerprint density at radius 1 is 1.19 bits per heavy atom. The number of thioether (sulfide) groups is 2. The maximum absolute atomic E-state index is 12.3. The van der Waals surface area contributed by atoms with Crippen LogP contribution >= 0.6 is 23.5 Å². The van der Waals surface area contributed by atoms with Gasteiger partial charge in [0.2, 0.25) is 5.55 Å². The first-order chi connectivity index (χ1) is 14.2. The van der Waals surface area contributed by atoms with Crippen molar-refractivity contribution in [1.82, 2.24) is 9.47 Å². The number of rotatable bonds is 7. The molecule has 1 aromatic rings. The van der Waals surface area contributed by atoms with Crippen LogP contribution in [0.25, 0.3) is 12.2 Å². The second kappa shape index (κ2) is 12.0. The summed E-state index contributed by atoms with van der Waals surface area (Å²) in [7, 11) is -2.41. The second-order valence-corrected chi connectivity index (χ2v) is 10.8. The number of hydrogen-bond donors (Lipinski definition) is 0. The largest absolute Gasteiger partial charge is 1.00 e. The Morgan fingerprint density at radius 3 is 2.65 bits per heavy atom. The molecule has 0 amide bonds. The van der Waals surface area contributed by atoms with E-state index in [0.717, 1.165) is 29.5 Å². The molecule has 0 aliphatic carbocycles. The van der Waals surface area contributed by atoms with E-state index in [0.29, 0.717) is 17.4 Å². The molecule has 1 saturated heterocycles. The Labute approximate surface area is 213 Å². The molecule has 0 spiro atoms. The molecule has 3 rings (SSSR count). The van der Waals surface area contributed by atoms with Gasteiger partial charge in [0.05, 0.1) is 15.1 Å². The summed E-state index contributed by atoms with van der Waals surface area (Å²) in [4.78, 5) is 15.6. The molecule has 0 saturated carbocycles. The molecular weight excluding hydrogens is 467 g/mol. The molecule has 0 atom stereocenters. The first kappa shape index (κ1) is 26.6. The molecule has 1 aromatic heterocycles. The third-order valence-electron chi connectivity index (χ3n) is 4.87. The van der Waals surface area contributed by atoms with Gasteiger partial charge in [-0.15, -0.1) is 23.5 Å². The Hall–Kier alpha value is -0.620. The summed E-state index contributed by atoms with van der Waals surface area (Å²) in [5.41, 5.74) is 1.44. The number of oxazole rings is 1. The smallest absolute Gasteiger partial charge is 0.748 e. The van der Waals surface area contributed by atoms with Gasteiger partial charge >= 0.3 is 35.2 Å². The average molecular weight is 493 g/mol. The molecule has 0 aromatic carbocycles. The van der Waals surface area contributed by atoms with E-state index in [1.54, 1.807) is 35.5 Å². The van der Waals surface area contributed by atoms with E-state index in [1.807, 2.05) is 34.9 Å². The third-order valence-corrected chi connectivity index (χ3v) is 7.94. The molecule has 3 heterocycles. The summed E-state index contributed by atoms with van der Waals surface area (Å²) in [6.07, 6.45) is 10.7. The first-order valence-corrected chi connectivity index (χ1v) is 13.2. The van der Waals surface area contributed by atoms with Crippen LogP contribution < -0.4 is 46.1 Å². The Balaban J connectivity index is 0.00000341. The van der Waals surface area contributed by atoms with E-state index >= 15 is 0 Å². The maximum atomic E-state index is 12.3. The quantitative estimate of drug-likeness (QED) is 0.330. The molecule has 0 bridgehead atoms. The molecule has 0 radical (unpaired) electrons. The number of nitrogens with zero attached hydrogens (tertiary/aromatic N) is 2. The SMILES string of the molecule is CC1=C(/C=C/C=c2/oc(=O)/c(=C/C=C3\SCCN3CCCS(=O)(=O)[O-])n2C)SCC1.[Na+]. The predicted octanol–water partition coefficient (Wildman–Crippen LogP) is -1.66. The van der Waals surface area contributed by atoms with Gasteiger partial charge in [0.1, 0.15) is 5.35 Å². The summed E-state index contributed by atoms with van der Waals surface area (Å²) < 4.78 is 39.4. The van der Waals surface area contributed by atoms with E-state index in [1.165, 1.54) is 10.5 Å². The van der Waals surface area contributed by atoms with Gasteiger partial charge in [-0.05, 0) is 44.1 Å². The molecule has 11 heteroatoms. The number of aromatic nitrogens is 1. The molecule has 31 heavy (non-hydrogen) atoms. The topological polar surface area (TPSA) is 95.6 Å². The fourth-order valence-corrected chi connectivity index (χ4v) is 5.87.